The second-order valence-corrected chi connectivity index (χ2v) is 6.16. The van der Waals surface area contributed by atoms with E-state index in [1.165, 1.54) is 6.07 Å². The number of fused-ring (bicyclic) bond motifs is 1. The average Bonchev–Trinajstić information content (AvgIpc) is 2.57. The number of carbonyl (C=O) groups excluding carboxylic acids is 1. The molecule has 24 heavy (non-hydrogen) atoms. The molecule has 0 radical (unpaired) electrons. The normalized spacial score (nSPS) is 14.2. The number of rotatable bonds is 3. The van der Waals surface area contributed by atoms with Crippen molar-refractivity contribution in [2.45, 2.75) is 13.0 Å². The van der Waals surface area contributed by atoms with Crippen molar-refractivity contribution < 1.29 is 18.7 Å². The number of amides is 1. The predicted molar refractivity (Wildman–Crippen MR) is 89.7 cm³/mol. The maximum Gasteiger partial charge on any atom is 0.253 e. The summed E-state index contributed by atoms with van der Waals surface area (Å²) in [5.41, 5.74) is 0.862. The molecule has 0 aromatic heterocycles. The van der Waals surface area contributed by atoms with Gasteiger partial charge in [0.05, 0.1) is 21.7 Å². The Kier molecular flexibility index (Phi) is 4.83. The number of hydrogen-bond acceptors (Lipinski definition) is 3. The van der Waals surface area contributed by atoms with Gasteiger partial charge in [0, 0.05) is 0 Å². The van der Waals surface area contributed by atoms with Crippen molar-refractivity contribution in [3.05, 3.63) is 57.3 Å². The van der Waals surface area contributed by atoms with Gasteiger partial charge in [-0.05, 0) is 36.8 Å². The molecular weight excluding hydrogens is 356 g/mol. The third kappa shape index (κ3) is 3.42. The lowest BCUT2D eigenvalue weighted by atomic mass is 10.1. The Morgan fingerprint density at radius 1 is 1.12 bits per heavy atom. The number of hydrogen-bond donors (Lipinski definition) is 1. The lowest BCUT2D eigenvalue weighted by molar-refractivity contribution is 0.0939. The Hall–Kier alpha value is -1.98. The lowest BCUT2D eigenvalue weighted by Crippen LogP contribution is -2.27. The molecule has 3 rings (SSSR count). The van der Waals surface area contributed by atoms with E-state index in [-0.39, 0.29) is 21.7 Å². The molecule has 7 heteroatoms. The summed E-state index contributed by atoms with van der Waals surface area (Å²) in [7, 11) is 0. The van der Waals surface area contributed by atoms with Crippen LogP contribution in [0.2, 0.25) is 10.0 Å². The third-order valence-electron chi connectivity index (χ3n) is 3.67. The number of ether oxygens (including phenoxy) is 2. The summed E-state index contributed by atoms with van der Waals surface area (Å²) in [6.07, 6.45) is 0. The van der Waals surface area contributed by atoms with Gasteiger partial charge in [0.1, 0.15) is 19.0 Å². The molecule has 1 N–H and O–H groups in total. The van der Waals surface area contributed by atoms with Crippen LogP contribution in [-0.2, 0) is 0 Å². The molecule has 2 aromatic carbocycles. The van der Waals surface area contributed by atoms with Crippen LogP contribution >= 0.6 is 23.2 Å². The molecule has 0 spiro atoms. The van der Waals surface area contributed by atoms with Crippen molar-refractivity contribution >= 4 is 29.1 Å². The van der Waals surface area contributed by atoms with E-state index < -0.39 is 11.7 Å². The molecule has 0 fully saturated rings. The minimum atomic E-state index is -0.696. The summed E-state index contributed by atoms with van der Waals surface area (Å²) in [4.78, 5) is 12.3. The van der Waals surface area contributed by atoms with Crippen LogP contribution in [0.25, 0.3) is 0 Å². The number of carbonyl (C=O) groups is 1. The van der Waals surface area contributed by atoms with Crippen LogP contribution in [0.15, 0.2) is 30.3 Å². The second-order valence-electron chi connectivity index (χ2n) is 5.34. The summed E-state index contributed by atoms with van der Waals surface area (Å²) >= 11 is 11.6. The standard InChI is InChI=1S/C17H14Cl2FNO3/c1-9(10-2-3-15-16(6-10)24-5-4-23-15)21-17(22)11-7-14(20)13(19)8-12(11)18/h2-3,6-9H,4-5H2,1H3,(H,21,22). The summed E-state index contributed by atoms with van der Waals surface area (Å²) in [6, 6.07) is 7.34. The second kappa shape index (κ2) is 6.87. The largest absolute Gasteiger partial charge is 0.486 e. The van der Waals surface area contributed by atoms with Crippen molar-refractivity contribution in [2.75, 3.05) is 13.2 Å². The van der Waals surface area contributed by atoms with E-state index in [2.05, 4.69) is 5.32 Å². The van der Waals surface area contributed by atoms with Crippen LogP contribution in [0.3, 0.4) is 0 Å². The zero-order chi connectivity index (χ0) is 17.3. The van der Waals surface area contributed by atoms with Crippen LogP contribution < -0.4 is 14.8 Å². The molecule has 1 amide bonds. The maximum atomic E-state index is 13.6. The molecule has 1 atom stereocenters. The van der Waals surface area contributed by atoms with E-state index in [4.69, 9.17) is 32.7 Å². The fourth-order valence-corrected chi connectivity index (χ4v) is 2.85. The molecule has 1 aliphatic rings. The van der Waals surface area contributed by atoms with Gasteiger partial charge in [0.25, 0.3) is 5.91 Å². The van der Waals surface area contributed by atoms with Crippen LogP contribution in [0, 0.1) is 5.82 Å². The van der Waals surface area contributed by atoms with Crippen molar-refractivity contribution in [1.29, 1.82) is 0 Å². The maximum absolute atomic E-state index is 13.6. The molecule has 0 saturated carbocycles. The van der Waals surface area contributed by atoms with Gasteiger partial charge < -0.3 is 14.8 Å². The molecule has 0 aliphatic carbocycles. The monoisotopic (exact) mass is 369 g/mol. The minimum Gasteiger partial charge on any atom is -0.486 e. The Balaban J connectivity index is 1.78. The predicted octanol–water partition coefficient (Wildman–Crippen LogP) is 4.39. The van der Waals surface area contributed by atoms with E-state index in [1.54, 1.807) is 6.07 Å². The van der Waals surface area contributed by atoms with E-state index in [1.807, 2.05) is 19.1 Å². The quantitative estimate of drug-likeness (QED) is 0.815. The minimum absolute atomic E-state index is 0.0305. The Labute approximate surface area is 148 Å². The average molecular weight is 370 g/mol. The number of halogens is 3. The summed E-state index contributed by atoms with van der Waals surface area (Å²) in [5.74, 6) is 0.123. The van der Waals surface area contributed by atoms with Gasteiger partial charge in [0.2, 0.25) is 0 Å². The van der Waals surface area contributed by atoms with E-state index >= 15 is 0 Å². The van der Waals surface area contributed by atoms with Gasteiger partial charge >= 0.3 is 0 Å². The highest BCUT2D eigenvalue weighted by molar-refractivity contribution is 6.36. The smallest absolute Gasteiger partial charge is 0.253 e. The van der Waals surface area contributed by atoms with Crippen LogP contribution in [0.5, 0.6) is 11.5 Å². The van der Waals surface area contributed by atoms with Crippen LogP contribution in [0.4, 0.5) is 4.39 Å². The highest BCUT2D eigenvalue weighted by Gasteiger charge is 2.19. The zero-order valence-electron chi connectivity index (χ0n) is 12.7. The zero-order valence-corrected chi connectivity index (χ0v) is 14.2. The fraction of sp³-hybridized carbons (Fsp3) is 0.235. The van der Waals surface area contributed by atoms with Gasteiger partial charge in [-0.2, -0.15) is 0 Å². The van der Waals surface area contributed by atoms with Gasteiger partial charge in [-0.3, -0.25) is 4.79 Å². The van der Waals surface area contributed by atoms with Gasteiger partial charge in [-0.25, -0.2) is 4.39 Å². The molecule has 1 heterocycles. The Morgan fingerprint density at radius 2 is 1.83 bits per heavy atom. The molecule has 0 saturated heterocycles. The molecule has 0 bridgehead atoms. The highest BCUT2D eigenvalue weighted by atomic mass is 35.5. The Bertz CT molecular complexity index is 798. The third-order valence-corrected chi connectivity index (χ3v) is 4.27. The number of nitrogens with one attached hydrogen (secondary N) is 1. The van der Waals surface area contributed by atoms with E-state index in [0.29, 0.717) is 24.7 Å². The van der Waals surface area contributed by atoms with Crippen molar-refractivity contribution in [3.8, 4) is 11.5 Å². The van der Waals surface area contributed by atoms with Gasteiger partial charge in [0.15, 0.2) is 11.5 Å². The van der Waals surface area contributed by atoms with Crippen molar-refractivity contribution in [2.24, 2.45) is 0 Å². The molecule has 4 nitrogen and oxygen atoms in total. The first-order chi connectivity index (χ1) is 11.5. The lowest BCUT2D eigenvalue weighted by Gasteiger charge is -2.21. The van der Waals surface area contributed by atoms with Crippen molar-refractivity contribution in [3.63, 3.8) is 0 Å². The van der Waals surface area contributed by atoms with E-state index in [0.717, 1.165) is 11.6 Å². The summed E-state index contributed by atoms with van der Waals surface area (Å²) in [6.45, 7) is 2.81. The topological polar surface area (TPSA) is 47.6 Å². The number of benzene rings is 2. The first kappa shape index (κ1) is 16.9. The molecule has 2 aromatic rings. The van der Waals surface area contributed by atoms with Crippen LogP contribution in [-0.4, -0.2) is 19.1 Å². The van der Waals surface area contributed by atoms with E-state index in [9.17, 15) is 9.18 Å². The molecular formula is C17H14Cl2FNO3. The summed E-state index contributed by atoms with van der Waals surface area (Å²) in [5, 5.41) is 2.74. The SMILES string of the molecule is CC(NC(=O)c1cc(F)c(Cl)cc1Cl)c1ccc2c(c1)OCCO2. The fourth-order valence-electron chi connectivity index (χ4n) is 2.38. The Morgan fingerprint density at radius 3 is 2.58 bits per heavy atom. The van der Waals surface area contributed by atoms with Crippen LogP contribution in [0.1, 0.15) is 28.9 Å². The first-order valence-electron chi connectivity index (χ1n) is 7.30. The van der Waals surface area contributed by atoms with Crippen molar-refractivity contribution in [1.82, 2.24) is 5.32 Å². The van der Waals surface area contributed by atoms with Gasteiger partial charge in [-0.1, -0.05) is 29.3 Å². The highest BCUT2D eigenvalue weighted by Crippen LogP contribution is 2.33. The molecule has 1 unspecified atom stereocenters. The first-order valence-corrected chi connectivity index (χ1v) is 8.06. The molecule has 126 valence electrons. The van der Waals surface area contributed by atoms with Gasteiger partial charge in [-0.15, -0.1) is 0 Å². The summed E-state index contributed by atoms with van der Waals surface area (Å²) < 4.78 is 24.6. The molecule has 1 aliphatic heterocycles.